The zero-order valence-corrected chi connectivity index (χ0v) is 15.7. The van der Waals surface area contributed by atoms with E-state index in [1.807, 2.05) is 18.2 Å². The Hall–Kier alpha value is -1.89. The molecule has 0 bridgehead atoms. The summed E-state index contributed by atoms with van der Waals surface area (Å²) in [6, 6.07) is 12.3. The van der Waals surface area contributed by atoms with Crippen molar-refractivity contribution in [2.75, 3.05) is 6.54 Å². The van der Waals surface area contributed by atoms with Crippen molar-refractivity contribution >= 4 is 27.5 Å². The summed E-state index contributed by atoms with van der Waals surface area (Å²) in [7, 11) is -3.66. The van der Waals surface area contributed by atoms with E-state index in [9.17, 15) is 13.2 Å². The molecule has 1 amide bonds. The maximum atomic E-state index is 12.9. The van der Waals surface area contributed by atoms with Crippen LogP contribution in [0.2, 0.25) is 5.02 Å². The quantitative estimate of drug-likeness (QED) is 0.875. The van der Waals surface area contributed by atoms with E-state index in [1.165, 1.54) is 10.4 Å². The molecule has 0 radical (unpaired) electrons. The lowest BCUT2D eigenvalue weighted by molar-refractivity contribution is -0.123. The second-order valence-corrected chi connectivity index (χ2v) is 9.03. The highest BCUT2D eigenvalue weighted by Gasteiger charge is 2.33. The zero-order valence-electron chi connectivity index (χ0n) is 14.1. The summed E-state index contributed by atoms with van der Waals surface area (Å²) < 4.78 is 27.3. The third-order valence-corrected chi connectivity index (χ3v) is 7.36. The number of carbonyl (C=O) groups is 1. The van der Waals surface area contributed by atoms with Crippen LogP contribution in [-0.4, -0.2) is 25.2 Å². The highest BCUT2D eigenvalue weighted by atomic mass is 35.5. The first-order valence-electron chi connectivity index (χ1n) is 8.61. The SMILES string of the molecule is O=C1NCCCC1c1ccc2c(c1)CN(S(=O)(=O)c1ccccc1Cl)C2. The van der Waals surface area contributed by atoms with Gasteiger partial charge in [0.2, 0.25) is 15.9 Å². The van der Waals surface area contributed by atoms with Gasteiger partial charge in [0, 0.05) is 19.6 Å². The number of hydrogen-bond acceptors (Lipinski definition) is 3. The van der Waals surface area contributed by atoms with Crippen LogP contribution in [0, 0.1) is 0 Å². The van der Waals surface area contributed by atoms with Crippen molar-refractivity contribution in [1.82, 2.24) is 9.62 Å². The number of nitrogens with one attached hydrogen (secondary N) is 1. The van der Waals surface area contributed by atoms with Gasteiger partial charge in [0.25, 0.3) is 0 Å². The molecule has 0 aromatic heterocycles. The molecule has 0 aliphatic carbocycles. The van der Waals surface area contributed by atoms with Gasteiger partial charge >= 0.3 is 0 Å². The first kappa shape index (κ1) is 17.5. The molecule has 26 heavy (non-hydrogen) atoms. The minimum atomic E-state index is -3.66. The van der Waals surface area contributed by atoms with Crippen LogP contribution in [0.25, 0.3) is 0 Å². The Morgan fingerprint density at radius 3 is 2.62 bits per heavy atom. The van der Waals surface area contributed by atoms with Gasteiger partial charge in [0.1, 0.15) is 4.90 Å². The topological polar surface area (TPSA) is 66.5 Å². The summed E-state index contributed by atoms with van der Waals surface area (Å²) >= 11 is 6.09. The lowest BCUT2D eigenvalue weighted by Crippen LogP contribution is -2.35. The minimum absolute atomic E-state index is 0.0507. The molecule has 136 valence electrons. The number of nitrogens with zero attached hydrogens (tertiary/aromatic N) is 1. The molecule has 1 fully saturated rings. The first-order chi connectivity index (χ1) is 12.5. The van der Waals surface area contributed by atoms with Crippen LogP contribution < -0.4 is 5.32 Å². The van der Waals surface area contributed by atoms with E-state index in [2.05, 4.69) is 5.32 Å². The van der Waals surface area contributed by atoms with E-state index in [0.29, 0.717) is 13.1 Å². The maximum Gasteiger partial charge on any atom is 0.245 e. The third kappa shape index (κ3) is 3.02. The molecule has 1 saturated heterocycles. The molecule has 2 aromatic carbocycles. The number of halogens is 1. The standard InChI is InChI=1S/C19H19ClN2O3S/c20-17-5-1-2-6-18(17)26(24,25)22-11-14-8-7-13(10-15(14)12-22)16-4-3-9-21-19(16)23/h1-2,5-8,10,16H,3-4,9,11-12H2,(H,21,23). The summed E-state index contributed by atoms with van der Waals surface area (Å²) in [6.45, 7) is 1.34. The van der Waals surface area contributed by atoms with Crippen molar-refractivity contribution in [2.24, 2.45) is 0 Å². The number of amides is 1. The summed E-state index contributed by atoms with van der Waals surface area (Å²) in [5.74, 6) is -0.0991. The average molecular weight is 391 g/mol. The molecule has 1 atom stereocenters. The number of benzene rings is 2. The highest BCUT2D eigenvalue weighted by molar-refractivity contribution is 7.89. The van der Waals surface area contributed by atoms with Crippen molar-refractivity contribution in [1.29, 1.82) is 0 Å². The molecular formula is C19H19ClN2O3S. The number of carbonyl (C=O) groups excluding carboxylic acids is 1. The normalized spacial score (nSPS) is 20.7. The van der Waals surface area contributed by atoms with Gasteiger partial charge in [-0.1, -0.05) is 41.9 Å². The van der Waals surface area contributed by atoms with Gasteiger partial charge in [0.15, 0.2) is 0 Å². The molecule has 2 aliphatic rings. The summed E-state index contributed by atoms with van der Waals surface area (Å²) in [5, 5.41) is 3.12. The molecule has 4 rings (SSSR count). The van der Waals surface area contributed by atoms with Crippen molar-refractivity contribution < 1.29 is 13.2 Å². The first-order valence-corrected chi connectivity index (χ1v) is 10.4. The lowest BCUT2D eigenvalue weighted by atomic mass is 9.89. The van der Waals surface area contributed by atoms with Crippen LogP contribution in [-0.2, 0) is 27.9 Å². The fraction of sp³-hybridized carbons (Fsp3) is 0.316. The molecule has 1 unspecified atom stereocenters. The molecule has 2 aromatic rings. The molecule has 0 saturated carbocycles. The fourth-order valence-corrected chi connectivity index (χ4v) is 5.54. The van der Waals surface area contributed by atoms with Crippen molar-refractivity contribution in [3.8, 4) is 0 Å². The maximum absolute atomic E-state index is 12.9. The number of fused-ring (bicyclic) bond motifs is 1. The minimum Gasteiger partial charge on any atom is -0.356 e. The molecule has 0 spiro atoms. The van der Waals surface area contributed by atoms with Gasteiger partial charge in [-0.2, -0.15) is 4.31 Å². The second kappa shape index (κ2) is 6.68. The Kier molecular flexibility index (Phi) is 4.50. The predicted octanol–water partition coefficient (Wildman–Crippen LogP) is 3.04. The molecule has 2 aliphatic heterocycles. The number of hydrogen-bond donors (Lipinski definition) is 1. The Morgan fingerprint density at radius 2 is 1.85 bits per heavy atom. The van der Waals surface area contributed by atoms with E-state index < -0.39 is 10.0 Å². The van der Waals surface area contributed by atoms with Crippen molar-refractivity contribution in [2.45, 2.75) is 36.7 Å². The van der Waals surface area contributed by atoms with Crippen LogP contribution in [0.1, 0.15) is 35.4 Å². The van der Waals surface area contributed by atoms with E-state index in [4.69, 9.17) is 11.6 Å². The van der Waals surface area contributed by atoms with E-state index in [-0.39, 0.29) is 21.7 Å². The van der Waals surface area contributed by atoms with Crippen LogP contribution in [0.15, 0.2) is 47.4 Å². The fourth-order valence-electron chi connectivity index (χ4n) is 3.65. The molecular weight excluding hydrogens is 372 g/mol. The number of rotatable bonds is 3. The third-order valence-electron chi connectivity index (χ3n) is 5.07. The van der Waals surface area contributed by atoms with Gasteiger partial charge in [-0.05, 0) is 41.7 Å². The summed E-state index contributed by atoms with van der Waals surface area (Å²) in [5.41, 5.74) is 2.88. The van der Waals surface area contributed by atoms with Gasteiger partial charge in [-0.25, -0.2) is 8.42 Å². The van der Waals surface area contributed by atoms with Crippen LogP contribution in [0.5, 0.6) is 0 Å². The average Bonchev–Trinajstić information content (AvgIpc) is 3.06. The van der Waals surface area contributed by atoms with E-state index in [0.717, 1.165) is 36.1 Å². The van der Waals surface area contributed by atoms with Crippen LogP contribution in [0.4, 0.5) is 0 Å². The van der Waals surface area contributed by atoms with Crippen LogP contribution >= 0.6 is 11.6 Å². The molecule has 1 N–H and O–H groups in total. The van der Waals surface area contributed by atoms with Crippen molar-refractivity contribution in [3.05, 3.63) is 64.2 Å². The van der Waals surface area contributed by atoms with E-state index >= 15 is 0 Å². The van der Waals surface area contributed by atoms with Gasteiger partial charge in [0.05, 0.1) is 10.9 Å². The Balaban J connectivity index is 1.61. The monoisotopic (exact) mass is 390 g/mol. The molecule has 5 nitrogen and oxygen atoms in total. The second-order valence-electron chi connectivity index (χ2n) is 6.72. The summed E-state index contributed by atoms with van der Waals surface area (Å²) in [6.07, 6.45) is 1.78. The Labute approximate surface area is 158 Å². The smallest absolute Gasteiger partial charge is 0.245 e. The highest BCUT2D eigenvalue weighted by Crippen LogP contribution is 2.34. The van der Waals surface area contributed by atoms with Crippen LogP contribution in [0.3, 0.4) is 0 Å². The Morgan fingerprint density at radius 1 is 1.08 bits per heavy atom. The zero-order chi connectivity index (χ0) is 18.3. The van der Waals surface area contributed by atoms with E-state index in [1.54, 1.807) is 18.2 Å². The van der Waals surface area contributed by atoms with Gasteiger partial charge in [-0.15, -0.1) is 0 Å². The van der Waals surface area contributed by atoms with Gasteiger partial charge < -0.3 is 5.32 Å². The van der Waals surface area contributed by atoms with Gasteiger partial charge in [-0.3, -0.25) is 4.79 Å². The predicted molar refractivity (Wildman–Crippen MR) is 99.3 cm³/mol. The number of sulfonamides is 1. The largest absolute Gasteiger partial charge is 0.356 e. The summed E-state index contributed by atoms with van der Waals surface area (Å²) in [4.78, 5) is 12.2. The lowest BCUT2D eigenvalue weighted by Gasteiger charge is -2.22. The molecule has 7 heteroatoms. The molecule has 2 heterocycles. The van der Waals surface area contributed by atoms with Crippen molar-refractivity contribution in [3.63, 3.8) is 0 Å². The number of piperidine rings is 1. The Bertz CT molecular complexity index is 974.